The number of hydrogen-bond donors (Lipinski definition) is 1. The van der Waals surface area contributed by atoms with Crippen molar-refractivity contribution in [2.75, 3.05) is 18.5 Å². The molecule has 0 aliphatic carbocycles. The van der Waals surface area contributed by atoms with Gasteiger partial charge in [0.05, 0.1) is 27.7 Å². The van der Waals surface area contributed by atoms with Gasteiger partial charge in [0, 0.05) is 38.0 Å². The molecule has 4 rings (SSSR count). The van der Waals surface area contributed by atoms with Crippen LogP contribution in [0, 0.1) is 6.92 Å². The first-order chi connectivity index (χ1) is 12.2. The Bertz CT molecular complexity index is 947. The van der Waals surface area contributed by atoms with Crippen molar-refractivity contribution in [3.63, 3.8) is 0 Å². The molecule has 0 spiro atoms. The van der Waals surface area contributed by atoms with E-state index in [2.05, 4.69) is 28.1 Å². The van der Waals surface area contributed by atoms with E-state index in [4.69, 9.17) is 15.8 Å². The maximum atomic E-state index is 5.58. The van der Waals surface area contributed by atoms with Gasteiger partial charge in [-0.05, 0) is 31.2 Å². The van der Waals surface area contributed by atoms with Crippen molar-refractivity contribution in [2.24, 2.45) is 10.9 Å². The Morgan fingerprint density at radius 1 is 1.24 bits per heavy atom. The summed E-state index contributed by atoms with van der Waals surface area (Å²) < 4.78 is 0. The predicted molar refractivity (Wildman–Crippen MR) is 102 cm³/mol. The zero-order valence-electron chi connectivity index (χ0n) is 14.1. The first-order valence-electron chi connectivity index (χ1n) is 8.05. The summed E-state index contributed by atoms with van der Waals surface area (Å²) in [5, 5.41) is 4.89. The lowest BCUT2D eigenvalue weighted by Gasteiger charge is -2.27. The summed E-state index contributed by atoms with van der Waals surface area (Å²) in [6.07, 6.45) is 4.40. The summed E-state index contributed by atoms with van der Waals surface area (Å²) in [6.45, 7) is 2.91. The van der Waals surface area contributed by atoms with Crippen LogP contribution in [0.5, 0.6) is 0 Å². The van der Waals surface area contributed by atoms with Crippen LogP contribution in [0.3, 0.4) is 0 Å². The molecule has 0 saturated carbocycles. The van der Waals surface area contributed by atoms with Crippen LogP contribution in [-0.2, 0) is 0 Å². The Labute approximate surface area is 150 Å². The van der Waals surface area contributed by atoms with Crippen molar-refractivity contribution in [3.8, 4) is 21.1 Å². The van der Waals surface area contributed by atoms with Gasteiger partial charge in [0.15, 0.2) is 0 Å². The van der Waals surface area contributed by atoms with Crippen LogP contribution in [0.1, 0.15) is 17.8 Å². The molecule has 0 unspecified atom stereocenters. The third-order valence-corrected chi connectivity index (χ3v) is 5.57. The Hall–Kier alpha value is -2.80. The second-order valence-electron chi connectivity index (χ2n) is 5.99. The van der Waals surface area contributed by atoms with E-state index in [1.54, 1.807) is 17.5 Å². The maximum absolute atomic E-state index is 5.58. The standard InChI is InChI=1S/C18H18N6S/c1-11-17(25-18(21-11)12-4-3-8-20-10-12)14-5-6-15-16(22-14)13(23-19)7-9-24(15)2/h3-6,8,10H,7,9,19H2,1-2H3. The number of rotatable bonds is 2. The highest BCUT2D eigenvalue weighted by Gasteiger charge is 2.22. The van der Waals surface area contributed by atoms with E-state index in [1.807, 2.05) is 31.3 Å². The van der Waals surface area contributed by atoms with Crippen molar-refractivity contribution in [2.45, 2.75) is 13.3 Å². The molecule has 0 saturated heterocycles. The molecular weight excluding hydrogens is 332 g/mol. The zero-order chi connectivity index (χ0) is 17.4. The van der Waals surface area contributed by atoms with Crippen LogP contribution >= 0.6 is 11.3 Å². The van der Waals surface area contributed by atoms with Gasteiger partial charge < -0.3 is 10.7 Å². The lowest BCUT2D eigenvalue weighted by atomic mass is 10.0. The first kappa shape index (κ1) is 15.7. The van der Waals surface area contributed by atoms with Crippen LogP contribution in [0.4, 0.5) is 5.69 Å². The number of fused-ring (bicyclic) bond motifs is 1. The third-order valence-electron chi connectivity index (χ3n) is 4.34. The van der Waals surface area contributed by atoms with Crippen LogP contribution in [0.15, 0.2) is 41.8 Å². The van der Waals surface area contributed by atoms with Crippen molar-refractivity contribution >= 4 is 22.7 Å². The van der Waals surface area contributed by atoms with E-state index in [9.17, 15) is 0 Å². The van der Waals surface area contributed by atoms with E-state index in [0.717, 1.165) is 56.9 Å². The van der Waals surface area contributed by atoms with Crippen molar-refractivity contribution in [1.82, 2.24) is 15.0 Å². The summed E-state index contributed by atoms with van der Waals surface area (Å²) in [6, 6.07) is 8.07. The predicted octanol–water partition coefficient (Wildman–Crippen LogP) is 3.08. The lowest BCUT2D eigenvalue weighted by molar-refractivity contribution is 0.881. The first-order valence-corrected chi connectivity index (χ1v) is 8.86. The smallest absolute Gasteiger partial charge is 0.125 e. The molecule has 25 heavy (non-hydrogen) atoms. The summed E-state index contributed by atoms with van der Waals surface area (Å²) in [5.41, 5.74) is 5.67. The van der Waals surface area contributed by atoms with Gasteiger partial charge in [-0.15, -0.1) is 11.3 Å². The van der Waals surface area contributed by atoms with Crippen LogP contribution in [0.25, 0.3) is 21.1 Å². The fourth-order valence-corrected chi connectivity index (χ4v) is 4.01. The van der Waals surface area contributed by atoms with E-state index >= 15 is 0 Å². The molecule has 0 atom stereocenters. The molecule has 0 aromatic carbocycles. The topological polar surface area (TPSA) is 80.3 Å². The van der Waals surface area contributed by atoms with E-state index < -0.39 is 0 Å². The molecule has 6 nitrogen and oxygen atoms in total. The minimum atomic E-state index is 0.805. The molecule has 0 amide bonds. The number of nitrogens with two attached hydrogens (primary N) is 1. The number of anilines is 1. The van der Waals surface area contributed by atoms with Crippen LogP contribution in [0.2, 0.25) is 0 Å². The third kappa shape index (κ3) is 2.76. The van der Waals surface area contributed by atoms with Gasteiger partial charge in [0.2, 0.25) is 0 Å². The molecular formula is C18H18N6S. The average Bonchev–Trinajstić information content (AvgIpc) is 3.04. The number of pyridine rings is 2. The molecule has 7 heteroatoms. The lowest BCUT2D eigenvalue weighted by Crippen LogP contribution is -2.30. The Morgan fingerprint density at radius 3 is 2.88 bits per heavy atom. The fraction of sp³-hybridized carbons (Fsp3) is 0.222. The van der Waals surface area contributed by atoms with E-state index in [0.29, 0.717) is 0 Å². The van der Waals surface area contributed by atoms with Crippen molar-refractivity contribution in [3.05, 3.63) is 48.0 Å². The van der Waals surface area contributed by atoms with Gasteiger partial charge in [0.25, 0.3) is 0 Å². The second-order valence-corrected chi connectivity index (χ2v) is 6.99. The van der Waals surface area contributed by atoms with Gasteiger partial charge in [-0.25, -0.2) is 9.97 Å². The van der Waals surface area contributed by atoms with Gasteiger partial charge in [-0.2, -0.15) is 5.10 Å². The maximum Gasteiger partial charge on any atom is 0.125 e. The molecule has 0 radical (unpaired) electrons. The normalized spacial score (nSPS) is 15.4. The molecule has 2 N–H and O–H groups in total. The second kappa shape index (κ2) is 6.25. The summed E-state index contributed by atoms with van der Waals surface area (Å²) in [7, 11) is 2.06. The highest BCUT2D eigenvalue weighted by atomic mass is 32.1. The number of aryl methyl sites for hydroxylation is 1. The van der Waals surface area contributed by atoms with Gasteiger partial charge in [-0.1, -0.05) is 0 Å². The van der Waals surface area contributed by atoms with Crippen molar-refractivity contribution in [1.29, 1.82) is 0 Å². The summed E-state index contributed by atoms with van der Waals surface area (Å²) >= 11 is 1.63. The van der Waals surface area contributed by atoms with E-state index in [1.165, 1.54) is 0 Å². The Balaban J connectivity index is 1.80. The molecule has 1 aliphatic heterocycles. The van der Waals surface area contributed by atoms with Crippen LogP contribution in [-0.4, -0.2) is 34.3 Å². The number of aromatic nitrogens is 3. The van der Waals surface area contributed by atoms with Gasteiger partial charge in [0.1, 0.15) is 10.7 Å². The number of hydrazone groups is 1. The fourth-order valence-electron chi connectivity index (χ4n) is 2.98. The Morgan fingerprint density at radius 2 is 2.12 bits per heavy atom. The summed E-state index contributed by atoms with van der Waals surface area (Å²) in [5.74, 6) is 5.58. The highest BCUT2D eigenvalue weighted by molar-refractivity contribution is 7.18. The summed E-state index contributed by atoms with van der Waals surface area (Å²) in [4.78, 5) is 17.0. The average molecular weight is 350 g/mol. The van der Waals surface area contributed by atoms with E-state index in [-0.39, 0.29) is 0 Å². The van der Waals surface area contributed by atoms with Gasteiger partial charge >= 0.3 is 0 Å². The molecule has 3 aromatic rings. The molecule has 126 valence electrons. The molecule has 4 heterocycles. The zero-order valence-corrected chi connectivity index (χ0v) is 14.9. The highest BCUT2D eigenvalue weighted by Crippen LogP contribution is 2.36. The SMILES string of the molecule is Cc1nc(-c2cccnc2)sc1-c1ccc2c(n1)C(=NN)CCN2C. The number of hydrogen-bond acceptors (Lipinski definition) is 7. The molecule has 0 bridgehead atoms. The largest absolute Gasteiger partial charge is 0.372 e. The van der Waals surface area contributed by atoms with Gasteiger partial charge in [-0.3, -0.25) is 4.98 Å². The monoisotopic (exact) mass is 350 g/mol. The number of nitrogens with zero attached hydrogens (tertiary/aromatic N) is 5. The Kier molecular flexibility index (Phi) is 3.93. The minimum Gasteiger partial charge on any atom is -0.372 e. The van der Waals surface area contributed by atoms with Crippen LogP contribution < -0.4 is 10.7 Å². The molecule has 3 aromatic heterocycles. The molecule has 1 aliphatic rings. The number of thiazole rings is 1. The van der Waals surface area contributed by atoms with Crippen molar-refractivity contribution < 1.29 is 0 Å². The quantitative estimate of drug-likeness (QED) is 0.567. The molecule has 0 fully saturated rings. The minimum absolute atomic E-state index is 0.805.